The first-order valence-electron chi connectivity index (χ1n) is 14.6. The Morgan fingerprint density at radius 2 is 1.67 bits per heavy atom. The molecular formula is C32H35F3N6O4. The number of hydrogen-bond acceptors (Lipinski definition) is 8. The van der Waals surface area contributed by atoms with Crippen LogP contribution in [0, 0.1) is 5.92 Å². The number of piperazine rings is 1. The Kier molecular flexibility index (Phi) is 9.57. The van der Waals surface area contributed by atoms with Crippen LogP contribution in [0.5, 0.6) is 5.75 Å². The molecule has 0 amide bonds. The summed E-state index contributed by atoms with van der Waals surface area (Å²) >= 11 is 0. The maximum Gasteiger partial charge on any atom is 0.490 e. The second-order valence-electron chi connectivity index (χ2n) is 11.3. The molecule has 45 heavy (non-hydrogen) atoms. The maximum atomic E-state index is 12.2. The summed E-state index contributed by atoms with van der Waals surface area (Å²) in [5, 5.41) is 15.1. The lowest BCUT2D eigenvalue weighted by Crippen LogP contribution is -2.44. The molecule has 4 aromatic rings. The van der Waals surface area contributed by atoms with Gasteiger partial charge >= 0.3 is 12.1 Å². The van der Waals surface area contributed by atoms with Crippen LogP contribution in [0.1, 0.15) is 24.8 Å². The van der Waals surface area contributed by atoms with E-state index < -0.39 is 12.1 Å². The number of aliphatic carboxylic acids is 1. The number of carbonyl (C=O) groups is 2. The minimum Gasteiger partial charge on any atom is -0.494 e. The summed E-state index contributed by atoms with van der Waals surface area (Å²) in [4.78, 5) is 30.5. The van der Waals surface area contributed by atoms with Crippen LogP contribution in [0.15, 0.2) is 60.8 Å². The number of carbonyl (C=O) groups excluding carboxylic acids is 1. The van der Waals surface area contributed by atoms with E-state index >= 15 is 0 Å². The number of Topliss-reactive ketones (excluding diaryl/α,β-unsaturated/α-hetero) is 1. The second kappa shape index (κ2) is 13.6. The number of alkyl halides is 3. The number of aromatic nitrogens is 3. The summed E-state index contributed by atoms with van der Waals surface area (Å²) in [6, 6.07) is 18.5. The molecule has 2 aliphatic rings. The fourth-order valence-corrected chi connectivity index (χ4v) is 5.03. The van der Waals surface area contributed by atoms with Crippen LogP contribution in [0.25, 0.3) is 16.8 Å². The highest BCUT2D eigenvalue weighted by molar-refractivity contribution is 5.81. The molecule has 10 nitrogen and oxygen atoms in total. The van der Waals surface area contributed by atoms with E-state index in [1.165, 1.54) is 12.8 Å². The highest BCUT2D eigenvalue weighted by atomic mass is 19.4. The van der Waals surface area contributed by atoms with Crippen molar-refractivity contribution in [3.05, 3.63) is 66.4 Å². The van der Waals surface area contributed by atoms with E-state index in [0.29, 0.717) is 24.1 Å². The van der Waals surface area contributed by atoms with Gasteiger partial charge in [-0.25, -0.2) is 9.31 Å². The summed E-state index contributed by atoms with van der Waals surface area (Å²) in [6.45, 7) is 4.12. The molecule has 1 saturated heterocycles. The molecule has 0 atom stereocenters. The Morgan fingerprint density at radius 3 is 2.29 bits per heavy atom. The molecule has 2 aromatic carbocycles. The molecule has 1 aliphatic heterocycles. The van der Waals surface area contributed by atoms with Crippen LogP contribution < -0.4 is 15.0 Å². The lowest BCUT2D eigenvalue weighted by molar-refractivity contribution is -0.192. The number of nitrogens with one attached hydrogen (secondary N) is 1. The first-order chi connectivity index (χ1) is 21.5. The third kappa shape index (κ3) is 8.50. The first kappa shape index (κ1) is 31.8. The zero-order chi connectivity index (χ0) is 32.1. The summed E-state index contributed by atoms with van der Waals surface area (Å²) < 4.78 is 39.2. The third-order valence-corrected chi connectivity index (χ3v) is 7.78. The molecule has 2 fully saturated rings. The number of pyridine rings is 1. The number of fused-ring (bicyclic) bond motifs is 1. The molecule has 0 bridgehead atoms. The van der Waals surface area contributed by atoms with Gasteiger partial charge in [-0.2, -0.15) is 18.2 Å². The SMILES string of the molecule is COc1cc(N2CCN(C)CC2)ccc1Nc1nc2ccc(-c3ccc(CC(=O)CC4CC4)cc3)cn2n1.O=C(O)C(F)(F)F. The van der Waals surface area contributed by atoms with Crippen LogP contribution in [0.3, 0.4) is 0 Å². The van der Waals surface area contributed by atoms with Crippen molar-refractivity contribution < 1.29 is 32.6 Å². The zero-order valence-corrected chi connectivity index (χ0v) is 25.0. The summed E-state index contributed by atoms with van der Waals surface area (Å²) in [6.07, 6.45) is 0.572. The van der Waals surface area contributed by atoms with Crippen LogP contribution in [0.2, 0.25) is 0 Å². The highest BCUT2D eigenvalue weighted by Crippen LogP contribution is 2.33. The van der Waals surface area contributed by atoms with Gasteiger partial charge in [0.05, 0.1) is 12.8 Å². The molecule has 2 N–H and O–H groups in total. The largest absolute Gasteiger partial charge is 0.494 e. The van der Waals surface area contributed by atoms with Crippen molar-refractivity contribution in [1.82, 2.24) is 19.5 Å². The number of ether oxygens (including phenoxy) is 1. The molecule has 0 spiro atoms. The molecular weight excluding hydrogens is 589 g/mol. The van der Waals surface area contributed by atoms with E-state index in [9.17, 15) is 18.0 Å². The van der Waals surface area contributed by atoms with Crippen LogP contribution in [-0.4, -0.2) is 82.9 Å². The summed E-state index contributed by atoms with van der Waals surface area (Å²) in [5.74, 6) is -0.505. The molecule has 238 valence electrons. The summed E-state index contributed by atoms with van der Waals surface area (Å²) in [7, 11) is 3.85. The zero-order valence-electron chi connectivity index (χ0n) is 25.0. The van der Waals surface area contributed by atoms with Crippen molar-refractivity contribution in [2.75, 3.05) is 50.6 Å². The molecule has 13 heteroatoms. The van der Waals surface area contributed by atoms with Gasteiger partial charge < -0.3 is 25.0 Å². The Balaban J connectivity index is 0.000000515. The van der Waals surface area contributed by atoms with Crippen molar-refractivity contribution in [1.29, 1.82) is 0 Å². The van der Waals surface area contributed by atoms with Gasteiger partial charge in [-0.15, -0.1) is 5.10 Å². The van der Waals surface area contributed by atoms with Crippen LogP contribution >= 0.6 is 0 Å². The fourth-order valence-electron chi connectivity index (χ4n) is 5.03. The number of carboxylic acids is 1. The average molecular weight is 625 g/mol. The quantitative estimate of drug-likeness (QED) is 0.251. The predicted octanol–water partition coefficient (Wildman–Crippen LogP) is 5.45. The molecule has 1 saturated carbocycles. The number of halogens is 3. The van der Waals surface area contributed by atoms with Crippen molar-refractivity contribution in [2.24, 2.45) is 5.92 Å². The van der Waals surface area contributed by atoms with E-state index in [-0.39, 0.29) is 0 Å². The third-order valence-electron chi connectivity index (χ3n) is 7.78. The van der Waals surface area contributed by atoms with Gasteiger partial charge in [0.15, 0.2) is 5.65 Å². The van der Waals surface area contributed by atoms with Crippen molar-refractivity contribution in [3.8, 4) is 16.9 Å². The smallest absolute Gasteiger partial charge is 0.490 e. The van der Waals surface area contributed by atoms with Gasteiger partial charge in [-0.3, -0.25) is 4.79 Å². The van der Waals surface area contributed by atoms with E-state index in [1.54, 1.807) is 11.6 Å². The number of methoxy groups -OCH3 is 1. The minimum atomic E-state index is -5.08. The lowest BCUT2D eigenvalue weighted by Gasteiger charge is -2.34. The number of hydrogen-bond donors (Lipinski definition) is 2. The number of nitrogens with zero attached hydrogens (tertiary/aromatic N) is 5. The van der Waals surface area contributed by atoms with E-state index in [4.69, 9.17) is 14.6 Å². The Labute approximate surface area is 258 Å². The second-order valence-corrected chi connectivity index (χ2v) is 11.3. The standard InChI is InChI=1S/C30H34N6O2.C2HF3O2/c1-34-13-15-35(16-14-34)25-10-11-27(28(19-25)38-2)31-30-32-29-12-9-24(20-36(29)33-30)23-7-5-22(6-8-23)18-26(37)17-21-3-4-21;3-2(4,5)1(6)7/h5-12,19-21H,3-4,13-18H2,1-2H3,(H,31,33);(H,6,7). The number of rotatable bonds is 9. The van der Waals surface area contributed by atoms with Crippen molar-refractivity contribution >= 4 is 34.7 Å². The molecule has 0 unspecified atom stereocenters. The number of likely N-dealkylation sites (N-methyl/N-ethyl adjacent to an activating group) is 1. The summed E-state index contributed by atoms with van der Waals surface area (Å²) in [5.41, 5.74) is 5.93. The van der Waals surface area contributed by atoms with E-state index in [1.807, 2.05) is 24.4 Å². The molecule has 6 rings (SSSR count). The highest BCUT2D eigenvalue weighted by Gasteiger charge is 2.38. The Morgan fingerprint density at radius 1 is 1.00 bits per heavy atom. The molecule has 2 aromatic heterocycles. The van der Waals surface area contributed by atoms with Gasteiger partial charge in [0, 0.05) is 62.5 Å². The van der Waals surface area contributed by atoms with Crippen LogP contribution in [-0.2, 0) is 16.0 Å². The van der Waals surface area contributed by atoms with Crippen molar-refractivity contribution in [3.63, 3.8) is 0 Å². The van der Waals surface area contributed by atoms with Gasteiger partial charge in [0.2, 0.25) is 5.95 Å². The lowest BCUT2D eigenvalue weighted by atomic mass is 10.0. The first-order valence-corrected chi connectivity index (χ1v) is 14.6. The van der Waals surface area contributed by atoms with Gasteiger partial charge in [0.1, 0.15) is 11.5 Å². The Bertz CT molecular complexity index is 1650. The predicted molar refractivity (Wildman–Crippen MR) is 164 cm³/mol. The topological polar surface area (TPSA) is 112 Å². The van der Waals surface area contributed by atoms with Gasteiger partial charge in [-0.05, 0) is 61.2 Å². The fraction of sp³-hybridized carbons (Fsp3) is 0.375. The maximum absolute atomic E-state index is 12.2. The number of ketones is 1. The number of carboxylic acid groups (broad SMARTS) is 1. The number of anilines is 3. The molecule has 1 aliphatic carbocycles. The van der Waals surface area contributed by atoms with E-state index in [0.717, 1.165) is 72.1 Å². The monoisotopic (exact) mass is 624 g/mol. The molecule has 3 heterocycles. The van der Waals surface area contributed by atoms with Gasteiger partial charge in [0.25, 0.3) is 0 Å². The Hall–Kier alpha value is -4.65. The van der Waals surface area contributed by atoms with Gasteiger partial charge in [-0.1, -0.05) is 24.3 Å². The normalized spacial score (nSPS) is 15.4. The van der Waals surface area contributed by atoms with Crippen molar-refractivity contribution in [2.45, 2.75) is 31.9 Å². The van der Waals surface area contributed by atoms with E-state index in [2.05, 4.69) is 68.6 Å². The van der Waals surface area contributed by atoms with Crippen LogP contribution in [0.4, 0.5) is 30.5 Å². The average Bonchev–Trinajstić information content (AvgIpc) is 3.73. The molecule has 0 radical (unpaired) electrons. The number of benzene rings is 2. The minimum absolute atomic E-state index is 0.343.